The molecule has 0 bridgehead atoms. The number of carbonyl (C=O) groups is 1. The summed E-state index contributed by atoms with van der Waals surface area (Å²) in [6.07, 6.45) is 0. The smallest absolute Gasteiger partial charge is 0.176 e. The van der Waals surface area contributed by atoms with E-state index in [1.165, 1.54) is 0 Å². The van der Waals surface area contributed by atoms with Crippen molar-refractivity contribution in [2.75, 3.05) is 26.2 Å². The van der Waals surface area contributed by atoms with Crippen LogP contribution in [0, 0.1) is 18.3 Å². The first-order chi connectivity index (χ1) is 13.5. The van der Waals surface area contributed by atoms with Crippen LogP contribution in [0.3, 0.4) is 0 Å². The lowest BCUT2D eigenvalue weighted by Gasteiger charge is -2.33. The van der Waals surface area contributed by atoms with Gasteiger partial charge >= 0.3 is 0 Å². The van der Waals surface area contributed by atoms with E-state index in [1.54, 1.807) is 11.8 Å². The predicted octanol–water partition coefficient (Wildman–Crippen LogP) is 3.01. The fraction of sp³-hybridized carbons (Fsp3) is 0.333. The van der Waals surface area contributed by atoms with Crippen LogP contribution in [0.1, 0.15) is 16.7 Å². The number of aryl methyl sites for hydroxylation is 1. The molecule has 146 valence electrons. The normalized spacial score (nSPS) is 17.3. The van der Waals surface area contributed by atoms with Crippen LogP contribution in [0.2, 0.25) is 5.02 Å². The molecule has 28 heavy (non-hydrogen) atoms. The van der Waals surface area contributed by atoms with E-state index in [1.807, 2.05) is 37.3 Å². The molecular formula is C21H22ClN3O2S. The number of aliphatic hydroxyl groups excluding tert-OH is 1. The van der Waals surface area contributed by atoms with Crippen molar-refractivity contribution in [1.29, 1.82) is 5.26 Å². The van der Waals surface area contributed by atoms with Gasteiger partial charge in [0, 0.05) is 41.0 Å². The lowest BCUT2D eigenvalue weighted by Crippen LogP contribution is -2.54. The highest BCUT2D eigenvalue weighted by Crippen LogP contribution is 2.34. The third kappa shape index (κ3) is 5.34. The number of aliphatic hydroxyl groups is 1. The van der Waals surface area contributed by atoms with Crippen molar-refractivity contribution in [2.45, 2.75) is 29.3 Å². The molecule has 1 fully saturated rings. The molecule has 5 nitrogen and oxygen atoms in total. The highest BCUT2D eigenvalue weighted by atomic mass is 35.5. The molecule has 2 aromatic carbocycles. The molecule has 0 amide bonds. The van der Waals surface area contributed by atoms with Crippen LogP contribution < -0.4 is 5.32 Å². The van der Waals surface area contributed by atoms with Gasteiger partial charge in [-0.1, -0.05) is 23.4 Å². The number of benzene rings is 2. The Morgan fingerprint density at radius 2 is 2.21 bits per heavy atom. The van der Waals surface area contributed by atoms with Crippen molar-refractivity contribution in [2.24, 2.45) is 0 Å². The Balaban J connectivity index is 1.83. The van der Waals surface area contributed by atoms with Gasteiger partial charge < -0.3 is 10.4 Å². The van der Waals surface area contributed by atoms with Gasteiger partial charge in [0.05, 0.1) is 17.7 Å². The molecule has 1 aliphatic heterocycles. The number of carbonyl (C=O) groups excluding carboxylic acids is 1. The minimum absolute atomic E-state index is 0.195. The van der Waals surface area contributed by atoms with Gasteiger partial charge in [-0.3, -0.25) is 9.69 Å². The Morgan fingerprint density at radius 1 is 1.39 bits per heavy atom. The number of nitriles is 1. The average Bonchev–Trinajstić information content (AvgIpc) is 2.68. The van der Waals surface area contributed by atoms with E-state index >= 15 is 0 Å². The monoisotopic (exact) mass is 415 g/mol. The summed E-state index contributed by atoms with van der Waals surface area (Å²) < 4.78 is 0. The molecule has 0 aromatic heterocycles. The van der Waals surface area contributed by atoms with Crippen molar-refractivity contribution in [3.05, 3.63) is 58.1 Å². The Labute approximate surface area is 174 Å². The van der Waals surface area contributed by atoms with E-state index in [0.717, 1.165) is 27.5 Å². The summed E-state index contributed by atoms with van der Waals surface area (Å²) in [4.78, 5) is 16.1. The SMILES string of the molecule is Cc1cc(Cl)cc(Sc2ccc(C#N)cc2CN2CCNC(C(=O)CO)C2)c1. The van der Waals surface area contributed by atoms with Gasteiger partial charge in [-0.05, 0) is 54.4 Å². The van der Waals surface area contributed by atoms with E-state index in [2.05, 4.69) is 22.4 Å². The number of hydrogen-bond donors (Lipinski definition) is 2. The molecule has 3 rings (SSSR count). The molecular weight excluding hydrogens is 394 g/mol. The molecule has 2 N–H and O–H groups in total. The van der Waals surface area contributed by atoms with Crippen molar-refractivity contribution in [3.8, 4) is 6.07 Å². The second kappa shape index (κ2) is 9.55. The van der Waals surface area contributed by atoms with E-state index in [9.17, 15) is 10.1 Å². The summed E-state index contributed by atoms with van der Waals surface area (Å²) in [5.41, 5.74) is 2.75. The van der Waals surface area contributed by atoms with Crippen LogP contribution >= 0.6 is 23.4 Å². The molecule has 0 spiro atoms. The summed E-state index contributed by atoms with van der Waals surface area (Å²) in [5.74, 6) is -0.195. The number of nitrogens with one attached hydrogen (secondary N) is 1. The molecule has 1 unspecified atom stereocenters. The van der Waals surface area contributed by atoms with Gasteiger partial charge in [-0.25, -0.2) is 0 Å². The molecule has 7 heteroatoms. The second-order valence-corrected chi connectivity index (χ2v) is 8.42. The van der Waals surface area contributed by atoms with Crippen LogP contribution in [-0.4, -0.2) is 48.1 Å². The van der Waals surface area contributed by atoms with Gasteiger partial charge in [-0.2, -0.15) is 5.26 Å². The Bertz CT molecular complexity index is 893. The topological polar surface area (TPSA) is 76.4 Å². The Kier molecular flexibility index (Phi) is 7.11. The summed E-state index contributed by atoms with van der Waals surface area (Å²) in [6, 6.07) is 13.5. The number of hydrogen-bond acceptors (Lipinski definition) is 6. The first kappa shape index (κ1) is 20.8. The van der Waals surface area contributed by atoms with Crippen LogP contribution in [0.5, 0.6) is 0 Å². The van der Waals surface area contributed by atoms with E-state index in [-0.39, 0.29) is 11.8 Å². The highest BCUT2D eigenvalue weighted by Gasteiger charge is 2.25. The Hall–Kier alpha value is -1.88. The van der Waals surface area contributed by atoms with Gasteiger partial charge in [0.15, 0.2) is 5.78 Å². The zero-order valence-electron chi connectivity index (χ0n) is 15.6. The quantitative estimate of drug-likeness (QED) is 0.755. The first-order valence-corrected chi connectivity index (χ1v) is 10.3. The number of Topliss-reactive ketones (excluding diaryl/α,β-unsaturated/α-hetero) is 1. The van der Waals surface area contributed by atoms with Crippen molar-refractivity contribution in [3.63, 3.8) is 0 Å². The number of nitrogens with zero attached hydrogens (tertiary/aromatic N) is 2. The molecule has 1 heterocycles. The predicted molar refractivity (Wildman–Crippen MR) is 111 cm³/mol. The highest BCUT2D eigenvalue weighted by molar-refractivity contribution is 7.99. The fourth-order valence-corrected chi connectivity index (χ4v) is 4.71. The van der Waals surface area contributed by atoms with Gasteiger partial charge in [-0.15, -0.1) is 0 Å². The summed E-state index contributed by atoms with van der Waals surface area (Å²) >= 11 is 7.81. The zero-order valence-corrected chi connectivity index (χ0v) is 17.2. The second-order valence-electron chi connectivity index (χ2n) is 6.87. The van der Waals surface area contributed by atoms with Gasteiger partial charge in [0.2, 0.25) is 0 Å². The maximum absolute atomic E-state index is 11.8. The number of rotatable bonds is 6. The maximum atomic E-state index is 11.8. The Morgan fingerprint density at radius 3 is 2.93 bits per heavy atom. The fourth-order valence-electron chi connectivity index (χ4n) is 3.28. The van der Waals surface area contributed by atoms with E-state index in [0.29, 0.717) is 30.2 Å². The lowest BCUT2D eigenvalue weighted by molar-refractivity contribution is -0.124. The van der Waals surface area contributed by atoms with Crippen molar-refractivity contribution < 1.29 is 9.90 Å². The molecule has 0 radical (unpaired) electrons. The molecule has 0 saturated carbocycles. The van der Waals surface area contributed by atoms with Crippen molar-refractivity contribution in [1.82, 2.24) is 10.2 Å². The average molecular weight is 416 g/mol. The molecule has 1 atom stereocenters. The van der Waals surface area contributed by atoms with Crippen LogP contribution in [0.4, 0.5) is 0 Å². The zero-order chi connectivity index (χ0) is 20.1. The van der Waals surface area contributed by atoms with Gasteiger partial charge in [0.25, 0.3) is 0 Å². The van der Waals surface area contributed by atoms with Crippen LogP contribution in [0.15, 0.2) is 46.2 Å². The molecule has 2 aromatic rings. The lowest BCUT2D eigenvalue weighted by atomic mass is 10.1. The summed E-state index contributed by atoms with van der Waals surface area (Å²) in [7, 11) is 0. The van der Waals surface area contributed by atoms with Gasteiger partial charge in [0.1, 0.15) is 6.61 Å². The van der Waals surface area contributed by atoms with Crippen LogP contribution in [0.25, 0.3) is 0 Å². The third-order valence-electron chi connectivity index (χ3n) is 4.63. The standard InChI is InChI=1S/C21H22ClN3O2S/c1-14-6-17(22)9-18(7-14)28-21-3-2-15(10-23)8-16(21)11-25-5-4-24-19(12-25)20(27)13-26/h2-3,6-9,19,24,26H,4-5,11-13H2,1H3. The first-order valence-electron chi connectivity index (χ1n) is 9.06. The van der Waals surface area contributed by atoms with Crippen molar-refractivity contribution >= 4 is 29.1 Å². The van der Waals surface area contributed by atoms with E-state index in [4.69, 9.17) is 16.7 Å². The number of halogens is 1. The largest absolute Gasteiger partial charge is 0.389 e. The summed E-state index contributed by atoms with van der Waals surface area (Å²) in [6.45, 7) is 4.21. The molecule has 1 aliphatic rings. The molecule has 1 saturated heterocycles. The summed E-state index contributed by atoms with van der Waals surface area (Å²) in [5, 5.41) is 22.3. The molecule has 0 aliphatic carbocycles. The number of piperazine rings is 1. The van der Waals surface area contributed by atoms with E-state index < -0.39 is 6.61 Å². The van der Waals surface area contributed by atoms with Crippen LogP contribution in [-0.2, 0) is 11.3 Å². The minimum Gasteiger partial charge on any atom is -0.389 e. The third-order valence-corrected chi connectivity index (χ3v) is 5.94. The maximum Gasteiger partial charge on any atom is 0.176 e. The number of ketones is 1. The minimum atomic E-state index is -0.454.